The van der Waals surface area contributed by atoms with Crippen LogP contribution < -0.4 is 0 Å². The predicted octanol–water partition coefficient (Wildman–Crippen LogP) is 1.68. The molecule has 1 unspecified atom stereocenters. The summed E-state index contributed by atoms with van der Waals surface area (Å²) in [5.74, 6) is 1.99. The molecule has 1 aromatic rings. The third kappa shape index (κ3) is 2.42. The van der Waals surface area contributed by atoms with Crippen LogP contribution in [-0.2, 0) is 6.54 Å². The van der Waals surface area contributed by atoms with Crippen LogP contribution in [0.1, 0.15) is 57.2 Å². The normalized spacial score (nSPS) is 25.8. The minimum atomic E-state index is -0.671. The predicted molar refractivity (Wildman–Crippen MR) is 66.0 cm³/mol. The van der Waals surface area contributed by atoms with E-state index in [9.17, 15) is 5.11 Å². The molecule has 1 atom stereocenters. The SMILES string of the molecule is CC(C)(O)C1CCCN1Cc1nnc(C2CC2)o1. The van der Waals surface area contributed by atoms with E-state index in [1.807, 2.05) is 13.8 Å². The van der Waals surface area contributed by atoms with Gasteiger partial charge in [-0.2, -0.15) is 0 Å². The second-order valence-electron chi connectivity index (χ2n) is 6.09. The van der Waals surface area contributed by atoms with Gasteiger partial charge in [0.15, 0.2) is 0 Å². The standard InChI is InChI=1S/C13H21N3O2/c1-13(2,17)10-4-3-7-16(10)8-11-14-15-12(18-11)9-5-6-9/h9-10,17H,3-8H2,1-2H3. The largest absolute Gasteiger partial charge is 0.424 e. The monoisotopic (exact) mass is 251 g/mol. The van der Waals surface area contributed by atoms with Gasteiger partial charge in [-0.05, 0) is 46.1 Å². The maximum Gasteiger partial charge on any atom is 0.230 e. The summed E-state index contributed by atoms with van der Waals surface area (Å²) in [7, 11) is 0. The fraction of sp³-hybridized carbons (Fsp3) is 0.846. The van der Waals surface area contributed by atoms with Crippen molar-refractivity contribution in [3.63, 3.8) is 0 Å². The second kappa shape index (κ2) is 4.31. The third-order valence-electron chi connectivity index (χ3n) is 3.93. The van der Waals surface area contributed by atoms with Gasteiger partial charge in [0.1, 0.15) is 0 Å². The Bertz CT molecular complexity index is 420. The Morgan fingerprint density at radius 3 is 2.78 bits per heavy atom. The van der Waals surface area contributed by atoms with Crippen molar-refractivity contribution in [2.75, 3.05) is 6.54 Å². The molecule has 5 nitrogen and oxygen atoms in total. The van der Waals surface area contributed by atoms with Crippen molar-refractivity contribution in [1.29, 1.82) is 0 Å². The first-order valence-electron chi connectivity index (χ1n) is 6.83. The van der Waals surface area contributed by atoms with Gasteiger partial charge in [0, 0.05) is 12.0 Å². The molecule has 2 fully saturated rings. The number of likely N-dealkylation sites (tertiary alicyclic amines) is 1. The average Bonchev–Trinajstić information content (AvgIpc) is 2.85. The molecule has 5 heteroatoms. The molecule has 0 amide bonds. The van der Waals surface area contributed by atoms with Gasteiger partial charge in [0.05, 0.1) is 12.1 Å². The zero-order valence-corrected chi connectivity index (χ0v) is 11.1. The first-order valence-corrected chi connectivity index (χ1v) is 6.83. The molecule has 0 aromatic carbocycles. The van der Waals surface area contributed by atoms with Crippen LogP contribution in [0, 0.1) is 0 Å². The summed E-state index contributed by atoms with van der Waals surface area (Å²) in [6.07, 6.45) is 4.51. The van der Waals surface area contributed by atoms with E-state index in [2.05, 4.69) is 15.1 Å². The van der Waals surface area contributed by atoms with E-state index in [1.165, 1.54) is 12.8 Å². The van der Waals surface area contributed by atoms with E-state index in [0.29, 0.717) is 18.4 Å². The molecule has 2 heterocycles. The molecular weight excluding hydrogens is 230 g/mol. The summed E-state index contributed by atoms with van der Waals surface area (Å²) < 4.78 is 5.68. The fourth-order valence-corrected chi connectivity index (χ4v) is 2.81. The highest BCUT2D eigenvalue weighted by atomic mass is 16.4. The van der Waals surface area contributed by atoms with Gasteiger partial charge < -0.3 is 9.52 Å². The molecule has 1 aromatic heterocycles. The third-order valence-corrected chi connectivity index (χ3v) is 3.93. The van der Waals surface area contributed by atoms with E-state index >= 15 is 0 Å². The van der Waals surface area contributed by atoms with E-state index in [-0.39, 0.29) is 6.04 Å². The maximum absolute atomic E-state index is 10.2. The van der Waals surface area contributed by atoms with Gasteiger partial charge in [0.2, 0.25) is 11.8 Å². The molecule has 1 saturated carbocycles. The Hall–Kier alpha value is -0.940. The smallest absolute Gasteiger partial charge is 0.230 e. The lowest BCUT2D eigenvalue weighted by atomic mass is 9.97. The van der Waals surface area contributed by atoms with E-state index in [0.717, 1.165) is 25.3 Å². The molecule has 18 heavy (non-hydrogen) atoms. The van der Waals surface area contributed by atoms with Gasteiger partial charge in [-0.1, -0.05) is 0 Å². The molecule has 1 aliphatic carbocycles. The van der Waals surface area contributed by atoms with E-state index in [4.69, 9.17) is 4.42 Å². The van der Waals surface area contributed by atoms with E-state index in [1.54, 1.807) is 0 Å². The highest BCUT2D eigenvalue weighted by Crippen LogP contribution is 2.39. The molecule has 0 bridgehead atoms. The summed E-state index contributed by atoms with van der Waals surface area (Å²) in [6, 6.07) is 0.189. The number of hydrogen-bond acceptors (Lipinski definition) is 5. The minimum Gasteiger partial charge on any atom is -0.424 e. The number of aliphatic hydroxyl groups is 1. The number of aromatic nitrogens is 2. The molecule has 3 rings (SSSR count). The minimum absolute atomic E-state index is 0.189. The molecule has 1 N–H and O–H groups in total. The van der Waals surface area contributed by atoms with Crippen LogP contribution in [0.4, 0.5) is 0 Å². The lowest BCUT2D eigenvalue weighted by Crippen LogP contribution is -2.45. The van der Waals surface area contributed by atoms with Crippen molar-refractivity contribution in [2.45, 2.75) is 63.6 Å². The van der Waals surface area contributed by atoms with E-state index < -0.39 is 5.60 Å². The number of nitrogens with zero attached hydrogens (tertiary/aromatic N) is 3. The van der Waals surface area contributed by atoms with Crippen molar-refractivity contribution in [1.82, 2.24) is 15.1 Å². The van der Waals surface area contributed by atoms with Crippen molar-refractivity contribution < 1.29 is 9.52 Å². The Kier molecular flexibility index (Phi) is 2.90. The molecule has 0 radical (unpaired) electrons. The topological polar surface area (TPSA) is 62.4 Å². The highest BCUT2D eigenvalue weighted by Gasteiger charge is 2.37. The lowest BCUT2D eigenvalue weighted by molar-refractivity contribution is -0.00736. The Labute approximate surface area is 107 Å². The molecule has 1 aliphatic heterocycles. The van der Waals surface area contributed by atoms with Crippen molar-refractivity contribution >= 4 is 0 Å². The average molecular weight is 251 g/mol. The molecular formula is C13H21N3O2. The second-order valence-corrected chi connectivity index (χ2v) is 6.09. The van der Waals surface area contributed by atoms with Gasteiger partial charge in [-0.15, -0.1) is 10.2 Å². The first kappa shape index (κ1) is 12.1. The number of rotatable bonds is 4. The van der Waals surface area contributed by atoms with Crippen LogP contribution in [0.15, 0.2) is 4.42 Å². The van der Waals surface area contributed by atoms with Crippen LogP contribution in [-0.4, -0.2) is 38.4 Å². The van der Waals surface area contributed by atoms with Crippen LogP contribution in [0.25, 0.3) is 0 Å². The molecule has 0 spiro atoms. The Morgan fingerprint density at radius 2 is 2.11 bits per heavy atom. The lowest BCUT2D eigenvalue weighted by Gasteiger charge is -2.32. The molecule has 1 saturated heterocycles. The maximum atomic E-state index is 10.2. The van der Waals surface area contributed by atoms with Gasteiger partial charge in [-0.25, -0.2) is 0 Å². The quantitative estimate of drug-likeness (QED) is 0.882. The number of hydrogen-bond donors (Lipinski definition) is 1. The summed E-state index contributed by atoms with van der Waals surface area (Å²) in [4.78, 5) is 2.25. The Balaban J connectivity index is 1.67. The van der Waals surface area contributed by atoms with Crippen molar-refractivity contribution in [3.05, 3.63) is 11.8 Å². The zero-order valence-electron chi connectivity index (χ0n) is 11.1. The Morgan fingerprint density at radius 1 is 1.33 bits per heavy atom. The highest BCUT2D eigenvalue weighted by molar-refractivity contribution is 5.00. The van der Waals surface area contributed by atoms with Crippen molar-refractivity contribution in [3.8, 4) is 0 Å². The fourth-order valence-electron chi connectivity index (χ4n) is 2.81. The van der Waals surface area contributed by atoms with Crippen LogP contribution in [0.3, 0.4) is 0 Å². The zero-order chi connectivity index (χ0) is 12.8. The summed E-state index contributed by atoms with van der Waals surface area (Å²) in [5, 5.41) is 18.4. The van der Waals surface area contributed by atoms with Crippen LogP contribution >= 0.6 is 0 Å². The van der Waals surface area contributed by atoms with Crippen molar-refractivity contribution in [2.24, 2.45) is 0 Å². The first-order chi connectivity index (χ1) is 8.54. The molecule has 100 valence electrons. The summed E-state index contributed by atoms with van der Waals surface area (Å²) in [6.45, 7) is 5.41. The van der Waals surface area contributed by atoms with Gasteiger partial charge in [0.25, 0.3) is 0 Å². The van der Waals surface area contributed by atoms with Gasteiger partial charge in [-0.3, -0.25) is 4.90 Å². The summed E-state index contributed by atoms with van der Waals surface area (Å²) >= 11 is 0. The van der Waals surface area contributed by atoms with Crippen LogP contribution in [0.5, 0.6) is 0 Å². The van der Waals surface area contributed by atoms with Crippen LogP contribution in [0.2, 0.25) is 0 Å². The van der Waals surface area contributed by atoms with Gasteiger partial charge >= 0.3 is 0 Å². The summed E-state index contributed by atoms with van der Waals surface area (Å²) in [5.41, 5.74) is -0.671. The molecule has 2 aliphatic rings.